The first-order chi connectivity index (χ1) is 5.86. The molecule has 0 unspecified atom stereocenters. The van der Waals surface area contributed by atoms with Gasteiger partial charge >= 0.3 is 0 Å². The van der Waals surface area contributed by atoms with Crippen molar-refractivity contribution in [2.45, 2.75) is 25.7 Å². The second-order valence-corrected chi connectivity index (χ2v) is 3.55. The zero-order valence-corrected chi connectivity index (χ0v) is 7.32. The van der Waals surface area contributed by atoms with E-state index < -0.39 is 0 Å². The van der Waals surface area contributed by atoms with Gasteiger partial charge < -0.3 is 5.73 Å². The summed E-state index contributed by atoms with van der Waals surface area (Å²) in [4.78, 5) is 2.77. The van der Waals surface area contributed by atoms with Gasteiger partial charge in [-0.1, -0.05) is 18.0 Å². The molecular weight excluding hydrogens is 152 g/mol. The topological polar surface area (TPSA) is 74.8 Å². The van der Waals surface area contributed by atoms with E-state index in [4.69, 9.17) is 11.3 Å². The molecule has 68 valence electrons. The van der Waals surface area contributed by atoms with Gasteiger partial charge in [-0.2, -0.15) is 0 Å². The van der Waals surface area contributed by atoms with Gasteiger partial charge in [0.15, 0.2) is 0 Å². The summed E-state index contributed by atoms with van der Waals surface area (Å²) in [5.41, 5.74) is 13.7. The monoisotopic (exact) mass is 168 g/mol. The van der Waals surface area contributed by atoms with Crippen LogP contribution in [0.15, 0.2) is 5.11 Å². The van der Waals surface area contributed by atoms with Gasteiger partial charge in [0, 0.05) is 11.5 Å². The fourth-order valence-electron chi connectivity index (χ4n) is 1.93. The molecule has 0 amide bonds. The second kappa shape index (κ2) is 5.01. The van der Waals surface area contributed by atoms with E-state index in [1.165, 1.54) is 19.3 Å². The molecule has 1 fully saturated rings. The molecule has 4 heteroatoms. The summed E-state index contributed by atoms with van der Waals surface area (Å²) >= 11 is 0. The Hall–Kier alpha value is -0.730. The summed E-state index contributed by atoms with van der Waals surface area (Å²) in [6.07, 6.45) is 4.85. The maximum absolute atomic E-state index is 8.15. The van der Waals surface area contributed by atoms with E-state index in [-0.39, 0.29) is 0 Å². The summed E-state index contributed by atoms with van der Waals surface area (Å²) in [5.74, 6) is 1.25. The third kappa shape index (κ3) is 2.72. The number of nitrogens with zero attached hydrogens (tertiary/aromatic N) is 3. The van der Waals surface area contributed by atoms with Crippen LogP contribution in [0.1, 0.15) is 25.7 Å². The largest absolute Gasteiger partial charge is 0.330 e. The van der Waals surface area contributed by atoms with Gasteiger partial charge in [-0.3, -0.25) is 0 Å². The highest BCUT2D eigenvalue weighted by Crippen LogP contribution is 2.28. The molecule has 0 aromatic rings. The van der Waals surface area contributed by atoms with Crippen LogP contribution in [-0.4, -0.2) is 13.1 Å². The zero-order chi connectivity index (χ0) is 8.81. The van der Waals surface area contributed by atoms with E-state index in [0.29, 0.717) is 18.4 Å². The third-order valence-electron chi connectivity index (χ3n) is 2.63. The Morgan fingerprint density at radius 3 is 2.83 bits per heavy atom. The summed E-state index contributed by atoms with van der Waals surface area (Å²) in [6, 6.07) is 0. The highest BCUT2D eigenvalue weighted by Gasteiger charge is 2.19. The standard InChI is InChI=1S/C8H16N4/c9-5-7-2-1-3-8(4-7)6-11-12-10/h7-8H,1-6,9H2/t7-,8+/m1/s1. The molecule has 0 aliphatic heterocycles. The molecule has 0 aromatic heterocycles. The van der Waals surface area contributed by atoms with E-state index in [0.717, 1.165) is 13.0 Å². The molecule has 1 saturated carbocycles. The number of hydrogen-bond acceptors (Lipinski definition) is 2. The van der Waals surface area contributed by atoms with Crippen LogP contribution in [0.25, 0.3) is 10.4 Å². The van der Waals surface area contributed by atoms with E-state index >= 15 is 0 Å². The number of nitrogens with two attached hydrogens (primary N) is 1. The fourth-order valence-corrected chi connectivity index (χ4v) is 1.93. The van der Waals surface area contributed by atoms with Gasteiger partial charge in [0.2, 0.25) is 0 Å². The maximum atomic E-state index is 8.15. The van der Waals surface area contributed by atoms with E-state index in [2.05, 4.69) is 10.0 Å². The average Bonchev–Trinajstić information content (AvgIpc) is 2.15. The van der Waals surface area contributed by atoms with Crippen LogP contribution < -0.4 is 5.73 Å². The van der Waals surface area contributed by atoms with Crippen molar-refractivity contribution in [2.24, 2.45) is 22.7 Å². The Kier molecular flexibility index (Phi) is 3.91. The Balaban J connectivity index is 2.30. The lowest BCUT2D eigenvalue weighted by Gasteiger charge is -2.26. The fraction of sp³-hybridized carbons (Fsp3) is 1.00. The Bertz CT molecular complexity index is 174. The lowest BCUT2D eigenvalue weighted by Crippen LogP contribution is -2.23. The van der Waals surface area contributed by atoms with Crippen molar-refractivity contribution in [3.8, 4) is 0 Å². The predicted octanol–water partition coefficient (Wildman–Crippen LogP) is 2.06. The van der Waals surface area contributed by atoms with Crippen molar-refractivity contribution < 1.29 is 0 Å². The lowest BCUT2D eigenvalue weighted by atomic mass is 9.81. The molecule has 4 nitrogen and oxygen atoms in total. The van der Waals surface area contributed by atoms with E-state index in [1.54, 1.807) is 0 Å². The number of azide groups is 1. The van der Waals surface area contributed by atoms with Crippen LogP contribution in [0.4, 0.5) is 0 Å². The van der Waals surface area contributed by atoms with Crippen LogP contribution in [-0.2, 0) is 0 Å². The average molecular weight is 168 g/mol. The minimum absolute atomic E-state index is 0.586. The van der Waals surface area contributed by atoms with Crippen LogP contribution in [0.2, 0.25) is 0 Å². The van der Waals surface area contributed by atoms with Crippen LogP contribution >= 0.6 is 0 Å². The third-order valence-corrected chi connectivity index (χ3v) is 2.63. The van der Waals surface area contributed by atoms with Gasteiger partial charge in [-0.05, 0) is 36.8 Å². The van der Waals surface area contributed by atoms with Gasteiger partial charge in [0.05, 0.1) is 0 Å². The molecule has 1 rings (SSSR count). The first-order valence-electron chi connectivity index (χ1n) is 4.57. The molecule has 1 aliphatic rings. The summed E-state index contributed by atoms with van der Waals surface area (Å²) < 4.78 is 0. The van der Waals surface area contributed by atoms with Crippen molar-refractivity contribution in [1.29, 1.82) is 0 Å². The molecule has 0 bridgehead atoms. The minimum atomic E-state index is 0.586. The molecule has 12 heavy (non-hydrogen) atoms. The normalized spacial score (nSPS) is 29.4. The predicted molar refractivity (Wildman–Crippen MR) is 48.5 cm³/mol. The van der Waals surface area contributed by atoms with Crippen LogP contribution in [0.3, 0.4) is 0 Å². The SMILES string of the molecule is [N-]=[N+]=NC[C@H]1CCC[C@@H](CN)C1. The van der Waals surface area contributed by atoms with Crippen LogP contribution in [0, 0.1) is 11.8 Å². The minimum Gasteiger partial charge on any atom is -0.330 e. The van der Waals surface area contributed by atoms with Crippen molar-refractivity contribution in [1.82, 2.24) is 0 Å². The molecular formula is C8H16N4. The maximum Gasteiger partial charge on any atom is 0.0286 e. The van der Waals surface area contributed by atoms with Crippen molar-refractivity contribution in [3.63, 3.8) is 0 Å². The molecule has 0 radical (unpaired) electrons. The Morgan fingerprint density at radius 1 is 1.42 bits per heavy atom. The molecule has 0 heterocycles. The molecule has 2 N–H and O–H groups in total. The molecule has 2 atom stereocenters. The van der Waals surface area contributed by atoms with Gasteiger partial charge in [-0.25, -0.2) is 0 Å². The van der Waals surface area contributed by atoms with Crippen LogP contribution in [0.5, 0.6) is 0 Å². The van der Waals surface area contributed by atoms with Gasteiger partial charge in [0.1, 0.15) is 0 Å². The first-order valence-corrected chi connectivity index (χ1v) is 4.57. The smallest absolute Gasteiger partial charge is 0.0286 e. The molecule has 0 saturated heterocycles. The zero-order valence-electron chi connectivity index (χ0n) is 7.32. The molecule has 0 aromatic carbocycles. The first kappa shape index (κ1) is 9.36. The lowest BCUT2D eigenvalue weighted by molar-refractivity contribution is 0.277. The quantitative estimate of drug-likeness (QED) is 0.391. The van der Waals surface area contributed by atoms with Crippen molar-refractivity contribution >= 4 is 0 Å². The summed E-state index contributed by atoms with van der Waals surface area (Å²) in [7, 11) is 0. The van der Waals surface area contributed by atoms with E-state index in [9.17, 15) is 0 Å². The summed E-state index contributed by atoms with van der Waals surface area (Å²) in [5, 5.41) is 3.60. The number of rotatable bonds is 3. The van der Waals surface area contributed by atoms with Crippen molar-refractivity contribution in [2.75, 3.05) is 13.1 Å². The Labute approximate surface area is 72.8 Å². The second-order valence-electron chi connectivity index (χ2n) is 3.55. The number of hydrogen-bond donors (Lipinski definition) is 1. The van der Waals surface area contributed by atoms with E-state index in [1.807, 2.05) is 0 Å². The van der Waals surface area contributed by atoms with Gasteiger partial charge in [-0.15, -0.1) is 0 Å². The Morgan fingerprint density at radius 2 is 2.17 bits per heavy atom. The molecule has 0 spiro atoms. The molecule has 1 aliphatic carbocycles. The van der Waals surface area contributed by atoms with Gasteiger partial charge in [0.25, 0.3) is 0 Å². The highest BCUT2D eigenvalue weighted by atomic mass is 15.1. The summed E-state index contributed by atoms with van der Waals surface area (Å²) in [6.45, 7) is 1.44. The highest BCUT2D eigenvalue weighted by molar-refractivity contribution is 4.75. The van der Waals surface area contributed by atoms with Crippen molar-refractivity contribution in [3.05, 3.63) is 10.4 Å².